The van der Waals surface area contributed by atoms with E-state index in [4.69, 9.17) is 4.74 Å². The number of carbonyl (C=O) groups excluding carboxylic acids is 1. The zero-order valence-corrected chi connectivity index (χ0v) is 18.3. The third kappa shape index (κ3) is 5.64. The largest absolute Gasteiger partial charge is 0.498 e. The Morgan fingerprint density at radius 3 is 2.53 bits per heavy atom. The average molecular weight is 463 g/mol. The van der Waals surface area contributed by atoms with Crippen LogP contribution in [-0.4, -0.2) is 55.4 Å². The van der Waals surface area contributed by atoms with Gasteiger partial charge >= 0.3 is 6.18 Å². The summed E-state index contributed by atoms with van der Waals surface area (Å²) < 4.78 is 72.1. The number of ether oxygens (including phenoxy) is 1. The van der Waals surface area contributed by atoms with Crippen molar-refractivity contribution < 1.29 is 31.5 Å². The Balaban J connectivity index is 1.21. The van der Waals surface area contributed by atoms with Crippen LogP contribution in [0.25, 0.3) is 0 Å². The molecule has 0 bridgehead atoms. The molecular weight excluding hydrogens is 431 g/mol. The van der Waals surface area contributed by atoms with Crippen molar-refractivity contribution in [2.45, 2.75) is 70.3 Å². The Morgan fingerprint density at radius 1 is 1.25 bits per heavy atom. The number of rotatable bonds is 8. The lowest BCUT2D eigenvalue weighted by atomic mass is 9.81. The van der Waals surface area contributed by atoms with Gasteiger partial charge in [0.15, 0.2) is 0 Å². The highest BCUT2D eigenvalue weighted by Gasteiger charge is 2.54. The van der Waals surface area contributed by atoms with Crippen LogP contribution < -0.4 is 5.32 Å². The van der Waals surface area contributed by atoms with Gasteiger partial charge in [0, 0.05) is 18.5 Å². The van der Waals surface area contributed by atoms with Gasteiger partial charge in [0.05, 0.1) is 18.7 Å². The second-order valence-electron chi connectivity index (χ2n) is 10.0. The van der Waals surface area contributed by atoms with Crippen LogP contribution >= 0.6 is 0 Å². The van der Waals surface area contributed by atoms with Crippen LogP contribution in [0.3, 0.4) is 0 Å². The van der Waals surface area contributed by atoms with Gasteiger partial charge in [-0.3, -0.25) is 9.69 Å². The quantitative estimate of drug-likeness (QED) is 0.526. The van der Waals surface area contributed by atoms with Crippen molar-refractivity contribution in [3.63, 3.8) is 0 Å². The lowest BCUT2D eigenvalue weighted by Crippen LogP contribution is -2.41. The number of likely N-dealkylation sites (tertiary alicyclic amines) is 1. The Hall–Kier alpha value is -1.64. The highest BCUT2D eigenvalue weighted by molar-refractivity contribution is 5.96. The number of hydrogen-bond acceptors (Lipinski definition) is 3. The van der Waals surface area contributed by atoms with Crippen molar-refractivity contribution in [1.82, 2.24) is 10.2 Å². The number of nitrogens with zero attached hydrogens (tertiary/aromatic N) is 1. The van der Waals surface area contributed by atoms with Crippen LogP contribution in [0.5, 0.6) is 0 Å². The summed E-state index contributed by atoms with van der Waals surface area (Å²) in [6, 6.07) is 0.0290. The minimum Gasteiger partial charge on any atom is -0.498 e. The maximum Gasteiger partial charge on any atom is 0.401 e. The summed E-state index contributed by atoms with van der Waals surface area (Å²) in [5.74, 6) is -0.538. The third-order valence-electron chi connectivity index (χ3n) is 7.53. The van der Waals surface area contributed by atoms with Crippen molar-refractivity contribution in [2.24, 2.45) is 17.3 Å². The fraction of sp³-hybridized carbons (Fsp3) is 0.783. The first-order valence-corrected chi connectivity index (χ1v) is 11.5. The van der Waals surface area contributed by atoms with E-state index in [9.17, 15) is 26.7 Å². The molecule has 0 aromatic carbocycles. The number of amides is 1. The predicted molar refractivity (Wildman–Crippen MR) is 109 cm³/mol. The molecule has 1 amide bonds. The van der Waals surface area contributed by atoms with Gasteiger partial charge in [-0.05, 0) is 68.9 Å². The molecule has 4 rings (SSSR count). The molecule has 3 fully saturated rings. The minimum absolute atomic E-state index is 0.0290. The van der Waals surface area contributed by atoms with E-state index in [1.807, 2.05) is 0 Å². The molecule has 0 aromatic rings. The molecule has 3 aliphatic carbocycles. The number of halogens is 5. The topological polar surface area (TPSA) is 41.6 Å². The molecule has 4 nitrogen and oxygen atoms in total. The van der Waals surface area contributed by atoms with E-state index in [1.165, 1.54) is 4.90 Å². The fourth-order valence-corrected chi connectivity index (χ4v) is 5.29. The standard InChI is InChI=1S/C23H31F5N2O2/c1-22(14-4-7-30(8-5-14)13-23(26,27)28)12-15(22)6-9-32-17-10-18(24)20(19(25)11-17)21(31)29-16-2-3-16/h10,14-16,19H,2-9,11-13H2,1H3,(H,29,31)/t15-,19?,22-/m1/s1. The van der Waals surface area contributed by atoms with Gasteiger partial charge < -0.3 is 10.1 Å². The van der Waals surface area contributed by atoms with Gasteiger partial charge in [-0.15, -0.1) is 0 Å². The summed E-state index contributed by atoms with van der Waals surface area (Å²) >= 11 is 0. The summed E-state index contributed by atoms with van der Waals surface area (Å²) in [4.78, 5) is 13.5. The van der Waals surface area contributed by atoms with Crippen LogP contribution in [-0.2, 0) is 9.53 Å². The number of carbonyl (C=O) groups is 1. The van der Waals surface area contributed by atoms with Crippen LogP contribution in [0, 0.1) is 17.3 Å². The second kappa shape index (κ2) is 8.95. The molecule has 2 saturated carbocycles. The Kier molecular flexibility index (Phi) is 6.58. The molecule has 0 aromatic heterocycles. The molecule has 3 atom stereocenters. The molecule has 9 heteroatoms. The molecule has 1 unspecified atom stereocenters. The maximum atomic E-state index is 14.4. The van der Waals surface area contributed by atoms with Gasteiger partial charge in [-0.2, -0.15) is 13.2 Å². The van der Waals surface area contributed by atoms with Crippen LogP contribution in [0.4, 0.5) is 22.0 Å². The van der Waals surface area contributed by atoms with Gasteiger partial charge in [-0.1, -0.05) is 6.92 Å². The van der Waals surface area contributed by atoms with Gasteiger partial charge in [0.1, 0.15) is 17.8 Å². The normalized spacial score (nSPS) is 32.0. The van der Waals surface area contributed by atoms with Crippen molar-refractivity contribution in [3.05, 3.63) is 23.2 Å². The summed E-state index contributed by atoms with van der Waals surface area (Å²) in [5.41, 5.74) is -0.341. The van der Waals surface area contributed by atoms with Crippen LogP contribution in [0.2, 0.25) is 0 Å². The van der Waals surface area contributed by atoms with Crippen molar-refractivity contribution >= 4 is 5.91 Å². The molecule has 1 N–H and O–H groups in total. The predicted octanol–water partition coefficient (Wildman–Crippen LogP) is 4.82. The zero-order chi connectivity index (χ0) is 23.1. The van der Waals surface area contributed by atoms with Crippen molar-refractivity contribution in [2.75, 3.05) is 26.2 Å². The SMILES string of the molecule is C[C@]1(C2CCN(CC(F)(F)F)CC2)C[C@H]1CCOC1=CC(F)=C(C(=O)NC2CC2)C(F)C1. The number of allylic oxidation sites excluding steroid dienone is 3. The van der Waals surface area contributed by atoms with E-state index in [2.05, 4.69) is 12.2 Å². The Bertz CT molecular complexity index is 784. The first kappa shape index (κ1) is 23.5. The van der Waals surface area contributed by atoms with Crippen LogP contribution in [0.1, 0.15) is 51.9 Å². The van der Waals surface area contributed by atoms with E-state index in [0.29, 0.717) is 31.5 Å². The number of piperidine rings is 1. The fourth-order valence-electron chi connectivity index (χ4n) is 5.29. The molecule has 0 spiro atoms. The molecule has 0 radical (unpaired) electrons. The van der Waals surface area contributed by atoms with E-state index in [1.54, 1.807) is 0 Å². The molecular formula is C23H31F5N2O2. The summed E-state index contributed by atoms with van der Waals surface area (Å²) in [7, 11) is 0. The first-order valence-electron chi connectivity index (χ1n) is 11.5. The summed E-state index contributed by atoms with van der Waals surface area (Å²) in [6.07, 6.45) is 0.0457. The third-order valence-corrected chi connectivity index (χ3v) is 7.53. The average Bonchev–Trinajstić information content (AvgIpc) is 3.60. The lowest BCUT2D eigenvalue weighted by Gasteiger charge is -2.36. The van der Waals surface area contributed by atoms with Crippen LogP contribution in [0.15, 0.2) is 23.2 Å². The van der Waals surface area contributed by atoms with Gasteiger partial charge in [0.2, 0.25) is 0 Å². The second-order valence-corrected chi connectivity index (χ2v) is 10.0. The number of nitrogens with one attached hydrogen (secondary N) is 1. The van der Waals surface area contributed by atoms with E-state index in [-0.39, 0.29) is 23.6 Å². The lowest BCUT2D eigenvalue weighted by molar-refractivity contribution is -0.149. The first-order chi connectivity index (χ1) is 15.0. The molecule has 32 heavy (non-hydrogen) atoms. The number of hydrogen-bond donors (Lipinski definition) is 1. The monoisotopic (exact) mass is 462 g/mol. The Morgan fingerprint density at radius 2 is 1.94 bits per heavy atom. The van der Waals surface area contributed by atoms with Crippen molar-refractivity contribution in [3.8, 4) is 0 Å². The van der Waals surface area contributed by atoms with E-state index < -0.39 is 36.2 Å². The maximum absolute atomic E-state index is 14.4. The Labute approximate surface area is 185 Å². The number of alkyl halides is 4. The van der Waals surface area contributed by atoms with Gasteiger partial charge in [-0.25, -0.2) is 8.78 Å². The van der Waals surface area contributed by atoms with E-state index in [0.717, 1.165) is 44.6 Å². The molecule has 1 heterocycles. The van der Waals surface area contributed by atoms with Crippen molar-refractivity contribution in [1.29, 1.82) is 0 Å². The molecule has 4 aliphatic rings. The zero-order valence-electron chi connectivity index (χ0n) is 18.3. The molecule has 1 saturated heterocycles. The highest BCUT2D eigenvalue weighted by Crippen LogP contribution is 2.61. The molecule has 1 aliphatic heterocycles. The summed E-state index contributed by atoms with van der Waals surface area (Å²) in [6.45, 7) is 2.62. The molecule has 180 valence electrons. The highest BCUT2D eigenvalue weighted by atomic mass is 19.4. The van der Waals surface area contributed by atoms with E-state index >= 15 is 0 Å². The minimum atomic E-state index is -4.15. The van der Waals surface area contributed by atoms with Gasteiger partial charge in [0.25, 0.3) is 5.91 Å². The summed E-state index contributed by atoms with van der Waals surface area (Å²) in [5, 5.41) is 2.61. The smallest absolute Gasteiger partial charge is 0.401 e.